The first-order valence-electron chi connectivity index (χ1n) is 8.24. The van der Waals surface area contributed by atoms with E-state index in [2.05, 4.69) is 19.1 Å². The van der Waals surface area contributed by atoms with Gasteiger partial charge >= 0.3 is 0 Å². The van der Waals surface area contributed by atoms with Gasteiger partial charge in [0, 0.05) is 35.1 Å². The van der Waals surface area contributed by atoms with Crippen LogP contribution in [0.2, 0.25) is 0 Å². The molecule has 0 fully saturated rings. The van der Waals surface area contributed by atoms with Crippen molar-refractivity contribution in [3.05, 3.63) is 42.0 Å². The van der Waals surface area contributed by atoms with Crippen molar-refractivity contribution in [1.29, 1.82) is 10.5 Å². The zero-order valence-corrected chi connectivity index (χ0v) is 14.2. The highest BCUT2D eigenvalue weighted by Crippen LogP contribution is 2.36. The van der Waals surface area contributed by atoms with E-state index in [0.29, 0.717) is 5.76 Å². The third-order valence-corrected chi connectivity index (χ3v) is 4.13. The molecule has 0 bridgehead atoms. The fourth-order valence-electron chi connectivity index (χ4n) is 2.94. The van der Waals surface area contributed by atoms with Gasteiger partial charge in [-0.25, -0.2) is 0 Å². The molecule has 1 aromatic carbocycles. The average Bonchev–Trinajstić information content (AvgIpc) is 3.02. The molecule has 2 rings (SSSR count). The van der Waals surface area contributed by atoms with Crippen molar-refractivity contribution in [2.45, 2.75) is 39.0 Å². The number of fused-ring (bicyclic) bond motifs is 1. The minimum Gasteiger partial charge on any atom is -0.500 e. The Morgan fingerprint density at radius 3 is 2.54 bits per heavy atom. The standard InChI is InChI=1S/C20H22N2O2/c1-3-4-8-18(19(23-2)15(10-12-21)11-13-22)20-17-9-6-5-7-16(17)14-24-20/h5-7,9,14-15H,3-4,8,10-11H2,1-2H3/b19-18+. The number of unbranched alkanes of at least 4 members (excludes halogenated alkanes) is 1. The Kier molecular flexibility index (Phi) is 6.46. The molecular weight excluding hydrogens is 300 g/mol. The van der Waals surface area contributed by atoms with Gasteiger partial charge < -0.3 is 9.15 Å². The second-order valence-corrected chi connectivity index (χ2v) is 5.72. The highest BCUT2D eigenvalue weighted by Gasteiger charge is 2.23. The Morgan fingerprint density at radius 1 is 1.21 bits per heavy atom. The van der Waals surface area contributed by atoms with Crippen molar-refractivity contribution >= 4 is 16.3 Å². The summed E-state index contributed by atoms with van der Waals surface area (Å²) in [6.07, 6.45) is 5.08. The van der Waals surface area contributed by atoms with Crippen LogP contribution in [-0.2, 0) is 4.74 Å². The van der Waals surface area contributed by atoms with Crippen molar-refractivity contribution in [3.8, 4) is 12.1 Å². The molecule has 0 amide bonds. The lowest BCUT2D eigenvalue weighted by molar-refractivity contribution is 0.243. The number of nitriles is 2. The van der Waals surface area contributed by atoms with Gasteiger partial charge in [0.2, 0.25) is 0 Å². The molecule has 4 heteroatoms. The van der Waals surface area contributed by atoms with Crippen molar-refractivity contribution < 1.29 is 9.15 Å². The smallest absolute Gasteiger partial charge is 0.141 e. The summed E-state index contributed by atoms with van der Waals surface area (Å²) in [4.78, 5) is 0. The Bertz CT molecular complexity index is 774. The van der Waals surface area contributed by atoms with E-state index in [-0.39, 0.29) is 18.8 Å². The van der Waals surface area contributed by atoms with Crippen molar-refractivity contribution in [2.75, 3.05) is 7.11 Å². The first-order chi connectivity index (χ1) is 11.8. The number of ether oxygens (including phenoxy) is 1. The van der Waals surface area contributed by atoms with E-state index in [1.165, 1.54) is 0 Å². The highest BCUT2D eigenvalue weighted by molar-refractivity contribution is 5.92. The normalized spacial score (nSPS) is 11.9. The number of hydrogen-bond acceptors (Lipinski definition) is 4. The molecule has 0 N–H and O–H groups in total. The SMILES string of the molecule is CCCC/C(=C(\OC)C(CC#N)CC#N)c1occ2ccccc12. The van der Waals surface area contributed by atoms with Crippen LogP contribution in [0.25, 0.3) is 16.3 Å². The molecule has 0 atom stereocenters. The molecule has 24 heavy (non-hydrogen) atoms. The Balaban J connectivity index is 2.60. The Hall–Kier alpha value is -2.72. The lowest BCUT2D eigenvalue weighted by Crippen LogP contribution is -2.08. The van der Waals surface area contributed by atoms with Gasteiger partial charge in [0.1, 0.15) is 11.5 Å². The molecule has 1 aromatic heterocycles. The second-order valence-electron chi connectivity index (χ2n) is 5.72. The topological polar surface area (TPSA) is 69.9 Å². The zero-order valence-electron chi connectivity index (χ0n) is 14.2. The molecule has 0 aliphatic rings. The van der Waals surface area contributed by atoms with Gasteiger partial charge in [-0.15, -0.1) is 0 Å². The van der Waals surface area contributed by atoms with E-state index < -0.39 is 0 Å². The lowest BCUT2D eigenvalue weighted by Gasteiger charge is -2.19. The number of methoxy groups -OCH3 is 1. The number of hydrogen-bond donors (Lipinski definition) is 0. The first kappa shape index (κ1) is 17.6. The number of furan rings is 1. The number of allylic oxidation sites excluding steroid dienone is 2. The van der Waals surface area contributed by atoms with E-state index in [1.54, 1.807) is 13.4 Å². The summed E-state index contributed by atoms with van der Waals surface area (Å²) in [6, 6.07) is 12.3. The maximum Gasteiger partial charge on any atom is 0.141 e. The molecule has 0 unspecified atom stereocenters. The van der Waals surface area contributed by atoms with Gasteiger partial charge in [0.15, 0.2) is 0 Å². The van der Waals surface area contributed by atoms with Crippen LogP contribution in [0.4, 0.5) is 0 Å². The van der Waals surface area contributed by atoms with Gasteiger partial charge in [-0.1, -0.05) is 37.6 Å². The molecule has 0 spiro atoms. The summed E-state index contributed by atoms with van der Waals surface area (Å²) in [5, 5.41) is 20.3. The third-order valence-electron chi connectivity index (χ3n) is 4.13. The monoisotopic (exact) mass is 322 g/mol. The Labute approximate surface area is 142 Å². The molecule has 124 valence electrons. The van der Waals surface area contributed by atoms with E-state index >= 15 is 0 Å². The molecule has 1 heterocycles. The first-order valence-corrected chi connectivity index (χ1v) is 8.24. The van der Waals surface area contributed by atoms with Gasteiger partial charge in [0.25, 0.3) is 0 Å². The lowest BCUT2D eigenvalue weighted by atomic mass is 9.92. The molecular formula is C20H22N2O2. The maximum atomic E-state index is 9.11. The Morgan fingerprint density at radius 2 is 1.92 bits per heavy atom. The largest absolute Gasteiger partial charge is 0.500 e. The van der Waals surface area contributed by atoms with Crippen molar-refractivity contribution in [3.63, 3.8) is 0 Å². The van der Waals surface area contributed by atoms with Gasteiger partial charge in [0.05, 0.1) is 25.5 Å². The summed E-state index contributed by atoms with van der Waals surface area (Å²) < 4.78 is 11.5. The fourth-order valence-corrected chi connectivity index (χ4v) is 2.94. The van der Waals surface area contributed by atoms with Crippen molar-refractivity contribution in [1.82, 2.24) is 0 Å². The minimum atomic E-state index is -0.235. The predicted molar refractivity (Wildman–Crippen MR) is 93.6 cm³/mol. The van der Waals surface area contributed by atoms with Crippen LogP contribution >= 0.6 is 0 Å². The minimum absolute atomic E-state index is 0.235. The van der Waals surface area contributed by atoms with Crippen LogP contribution in [-0.4, -0.2) is 7.11 Å². The van der Waals surface area contributed by atoms with Crippen LogP contribution in [0.5, 0.6) is 0 Å². The second kappa shape index (κ2) is 8.79. The summed E-state index contributed by atoms with van der Waals surface area (Å²) >= 11 is 0. The predicted octanol–water partition coefficient (Wildman–Crippen LogP) is 5.42. The van der Waals surface area contributed by atoms with Crippen LogP contribution in [0, 0.1) is 28.6 Å². The van der Waals surface area contributed by atoms with Crippen molar-refractivity contribution in [2.24, 2.45) is 5.92 Å². The summed E-state index contributed by atoms with van der Waals surface area (Å²) in [5.74, 6) is 1.25. The molecule has 0 saturated carbocycles. The van der Waals surface area contributed by atoms with E-state index in [4.69, 9.17) is 19.7 Å². The quantitative estimate of drug-likeness (QED) is 0.608. The van der Waals surface area contributed by atoms with Crippen LogP contribution in [0.1, 0.15) is 44.8 Å². The zero-order chi connectivity index (χ0) is 17.4. The maximum absolute atomic E-state index is 9.11. The van der Waals surface area contributed by atoms with Gasteiger partial charge in [-0.05, 0) is 12.8 Å². The number of nitrogens with zero attached hydrogens (tertiary/aromatic N) is 2. The van der Waals surface area contributed by atoms with E-state index in [1.807, 2.05) is 24.3 Å². The molecule has 0 aliphatic carbocycles. The fraction of sp³-hybridized carbons (Fsp3) is 0.400. The van der Waals surface area contributed by atoms with Crippen LogP contribution in [0.3, 0.4) is 0 Å². The molecule has 0 saturated heterocycles. The molecule has 2 aromatic rings. The molecule has 0 radical (unpaired) electrons. The third kappa shape index (κ3) is 3.78. The average molecular weight is 322 g/mol. The molecule has 4 nitrogen and oxygen atoms in total. The summed E-state index contributed by atoms with van der Waals surface area (Å²) in [6.45, 7) is 2.13. The van der Waals surface area contributed by atoms with E-state index in [9.17, 15) is 0 Å². The van der Waals surface area contributed by atoms with Crippen LogP contribution < -0.4 is 0 Å². The van der Waals surface area contributed by atoms with Crippen LogP contribution in [0.15, 0.2) is 40.7 Å². The van der Waals surface area contributed by atoms with Gasteiger partial charge in [-0.3, -0.25) is 0 Å². The van der Waals surface area contributed by atoms with E-state index in [0.717, 1.165) is 41.4 Å². The highest BCUT2D eigenvalue weighted by atomic mass is 16.5. The van der Waals surface area contributed by atoms with Gasteiger partial charge in [-0.2, -0.15) is 10.5 Å². The number of benzene rings is 1. The molecule has 0 aliphatic heterocycles. The number of rotatable bonds is 8. The summed E-state index contributed by atoms with van der Waals surface area (Å²) in [7, 11) is 1.61. The summed E-state index contributed by atoms with van der Waals surface area (Å²) in [5.41, 5.74) is 0.969.